The lowest BCUT2D eigenvalue weighted by molar-refractivity contribution is 1.18. The van der Waals surface area contributed by atoms with E-state index in [1.165, 1.54) is 103 Å². The summed E-state index contributed by atoms with van der Waals surface area (Å²) in [5, 5.41) is 7.64. The summed E-state index contributed by atoms with van der Waals surface area (Å²) in [6, 6.07) is 56.0. The molecule has 0 atom stereocenters. The maximum Gasteiger partial charge on any atom is 0.0541 e. The van der Waals surface area contributed by atoms with Gasteiger partial charge in [0.15, 0.2) is 0 Å². The van der Waals surface area contributed by atoms with E-state index < -0.39 is 0 Å². The van der Waals surface area contributed by atoms with Crippen LogP contribution in [0.2, 0.25) is 0 Å². The van der Waals surface area contributed by atoms with Gasteiger partial charge < -0.3 is 9.13 Å². The Morgan fingerprint density at radius 1 is 0.527 bits per heavy atom. The van der Waals surface area contributed by atoms with Crippen LogP contribution in [-0.2, 0) is 0 Å². The molecule has 260 valence electrons. The van der Waals surface area contributed by atoms with E-state index in [9.17, 15) is 0 Å². The Balaban J connectivity index is 1.14. The Morgan fingerprint density at radius 2 is 1.13 bits per heavy atom. The fourth-order valence-corrected chi connectivity index (χ4v) is 10.0. The second kappa shape index (κ2) is 12.7. The molecular weight excluding hydrogens is 685 g/mol. The van der Waals surface area contributed by atoms with Crippen LogP contribution in [0, 0.1) is 0 Å². The van der Waals surface area contributed by atoms with E-state index in [4.69, 9.17) is 0 Å². The highest BCUT2D eigenvalue weighted by atomic mass is 32.1. The maximum atomic E-state index is 2.48. The molecule has 10 aromatic rings. The van der Waals surface area contributed by atoms with E-state index in [1.54, 1.807) is 0 Å². The van der Waals surface area contributed by atoms with Gasteiger partial charge in [0.25, 0.3) is 0 Å². The number of hydrogen-bond acceptors (Lipinski definition) is 1. The largest absolute Gasteiger partial charge is 0.309 e. The molecule has 0 aliphatic heterocycles. The fourth-order valence-electron chi connectivity index (χ4n) is 8.83. The van der Waals surface area contributed by atoms with E-state index in [0.29, 0.717) is 0 Å². The summed E-state index contributed by atoms with van der Waals surface area (Å²) < 4.78 is 7.51. The lowest BCUT2D eigenvalue weighted by atomic mass is 9.93. The second-order valence-electron chi connectivity index (χ2n) is 14.4. The van der Waals surface area contributed by atoms with Gasteiger partial charge in [-0.15, -0.1) is 11.3 Å². The van der Waals surface area contributed by atoms with Gasteiger partial charge in [-0.05, 0) is 102 Å². The minimum Gasteiger partial charge on any atom is -0.309 e. The van der Waals surface area contributed by atoms with Gasteiger partial charge >= 0.3 is 0 Å². The van der Waals surface area contributed by atoms with Crippen molar-refractivity contribution in [2.75, 3.05) is 0 Å². The summed E-state index contributed by atoms with van der Waals surface area (Å²) in [5.74, 6) is 0. The summed E-state index contributed by atoms with van der Waals surface area (Å²) in [4.78, 5) is 0. The number of aromatic nitrogens is 2. The Hall–Kier alpha value is -6.68. The van der Waals surface area contributed by atoms with Crippen molar-refractivity contribution in [3.05, 3.63) is 199 Å². The predicted molar refractivity (Wildman–Crippen MR) is 238 cm³/mol. The van der Waals surface area contributed by atoms with Gasteiger partial charge in [-0.3, -0.25) is 0 Å². The Kier molecular flexibility index (Phi) is 7.36. The van der Waals surface area contributed by atoms with Gasteiger partial charge in [0.1, 0.15) is 0 Å². The van der Waals surface area contributed by atoms with Gasteiger partial charge in [0, 0.05) is 58.7 Å². The van der Waals surface area contributed by atoms with Crippen molar-refractivity contribution >= 4 is 80.7 Å². The minimum absolute atomic E-state index is 0.920. The van der Waals surface area contributed by atoms with Crippen molar-refractivity contribution in [2.45, 2.75) is 13.3 Å². The van der Waals surface area contributed by atoms with Crippen LogP contribution in [0.4, 0.5) is 0 Å². The van der Waals surface area contributed by atoms with Gasteiger partial charge in [-0.2, -0.15) is 0 Å². The summed E-state index contributed by atoms with van der Waals surface area (Å²) in [5.41, 5.74) is 13.5. The van der Waals surface area contributed by atoms with E-state index in [2.05, 4.69) is 204 Å². The smallest absolute Gasteiger partial charge is 0.0541 e. The zero-order valence-electron chi connectivity index (χ0n) is 30.4. The molecule has 1 aliphatic carbocycles. The molecule has 0 radical (unpaired) electrons. The lowest BCUT2D eigenvalue weighted by Crippen LogP contribution is -1.97. The highest BCUT2D eigenvalue weighted by molar-refractivity contribution is 7.26. The Labute approximate surface area is 323 Å². The molecule has 0 spiro atoms. The van der Waals surface area contributed by atoms with Crippen LogP contribution in [0.15, 0.2) is 194 Å². The van der Waals surface area contributed by atoms with Crippen LogP contribution in [0.25, 0.3) is 91.9 Å². The van der Waals surface area contributed by atoms with Crippen molar-refractivity contribution in [1.29, 1.82) is 0 Å². The molecular formula is C52H36N2S. The van der Waals surface area contributed by atoms with E-state index >= 15 is 0 Å². The van der Waals surface area contributed by atoms with Crippen molar-refractivity contribution < 1.29 is 0 Å². The molecule has 2 nitrogen and oxygen atoms in total. The number of rotatable bonds is 5. The molecule has 0 fully saturated rings. The molecule has 0 amide bonds. The molecule has 7 aromatic carbocycles. The lowest BCUT2D eigenvalue weighted by Gasteiger charge is -2.15. The van der Waals surface area contributed by atoms with Crippen LogP contribution in [0.3, 0.4) is 0 Å². The second-order valence-corrected chi connectivity index (χ2v) is 15.5. The average molecular weight is 721 g/mol. The van der Waals surface area contributed by atoms with Crippen LogP contribution >= 0.6 is 11.3 Å². The molecule has 3 aromatic heterocycles. The number of hydrogen-bond donors (Lipinski definition) is 0. The van der Waals surface area contributed by atoms with Crippen LogP contribution in [0.5, 0.6) is 0 Å². The Bertz CT molecular complexity index is 3290. The zero-order chi connectivity index (χ0) is 36.5. The normalized spacial score (nSPS) is 14.2. The number of para-hydroxylation sites is 3. The molecule has 1 aliphatic rings. The summed E-state index contributed by atoms with van der Waals surface area (Å²) in [6.07, 6.45) is 14.2. The van der Waals surface area contributed by atoms with E-state index in [0.717, 1.165) is 6.42 Å². The molecule has 0 saturated carbocycles. The van der Waals surface area contributed by atoms with Crippen LogP contribution < -0.4 is 0 Å². The molecule has 0 unspecified atom stereocenters. The van der Waals surface area contributed by atoms with Crippen molar-refractivity contribution in [3.8, 4) is 22.5 Å². The third-order valence-electron chi connectivity index (χ3n) is 11.3. The highest BCUT2D eigenvalue weighted by Crippen LogP contribution is 2.44. The minimum atomic E-state index is 0.920. The first-order valence-electron chi connectivity index (χ1n) is 19.0. The first kappa shape index (κ1) is 31.8. The standard InChI is InChI=1S/C52H36N2S/c1-2-15-39(34-16-5-3-6-17-34)45-32-38(33-46-42-22-11-14-25-51(42)55-52(45)46)54-48-24-13-10-21-41(48)44-31-36(27-29-50(44)54)35-26-28-49-43(30-35)40-20-9-12-23-47(40)53(49)37-18-7-4-8-19-37/h2-16,18-33H,17H2,1H3/b15-2-,39-34+. The molecule has 0 N–H and O–H groups in total. The third kappa shape index (κ3) is 5.01. The SMILES string of the molecule is C/C=C\C(=C1\C=CC=CC1)c1cc(-n2c3ccccc3c3cc(-c4ccc5c(c4)c4ccccc4n5-c4ccccc4)ccc32)cc2c1sc1ccccc12. The number of fused-ring (bicyclic) bond motifs is 9. The predicted octanol–water partition coefficient (Wildman–Crippen LogP) is 14.8. The highest BCUT2D eigenvalue weighted by Gasteiger charge is 2.20. The average Bonchev–Trinajstić information content (AvgIpc) is 3.90. The van der Waals surface area contributed by atoms with Gasteiger partial charge in [-0.1, -0.05) is 121 Å². The zero-order valence-corrected chi connectivity index (χ0v) is 31.2. The van der Waals surface area contributed by atoms with Crippen LogP contribution in [0.1, 0.15) is 18.9 Å². The molecule has 3 heteroatoms. The van der Waals surface area contributed by atoms with E-state index in [-0.39, 0.29) is 0 Å². The number of allylic oxidation sites excluding steroid dienone is 8. The van der Waals surface area contributed by atoms with Gasteiger partial charge in [0.2, 0.25) is 0 Å². The molecule has 55 heavy (non-hydrogen) atoms. The maximum absolute atomic E-state index is 2.48. The van der Waals surface area contributed by atoms with Crippen molar-refractivity contribution in [1.82, 2.24) is 9.13 Å². The molecule has 0 bridgehead atoms. The quantitative estimate of drug-likeness (QED) is 0.168. The topological polar surface area (TPSA) is 9.86 Å². The molecule has 0 saturated heterocycles. The van der Waals surface area contributed by atoms with Gasteiger partial charge in [-0.25, -0.2) is 0 Å². The molecule has 3 heterocycles. The van der Waals surface area contributed by atoms with Crippen LogP contribution in [-0.4, -0.2) is 9.13 Å². The summed E-state index contributed by atoms with van der Waals surface area (Å²) in [7, 11) is 0. The Morgan fingerprint density at radius 3 is 1.78 bits per heavy atom. The number of thiophene rings is 1. The van der Waals surface area contributed by atoms with Crippen molar-refractivity contribution in [3.63, 3.8) is 0 Å². The summed E-state index contributed by atoms with van der Waals surface area (Å²) in [6.45, 7) is 2.12. The molecule has 11 rings (SSSR count). The third-order valence-corrected chi connectivity index (χ3v) is 12.5. The van der Waals surface area contributed by atoms with E-state index in [1.807, 2.05) is 11.3 Å². The first-order chi connectivity index (χ1) is 27.2. The number of nitrogens with zero attached hydrogens (tertiary/aromatic N) is 2. The number of benzene rings is 7. The summed E-state index contributed by atoms with van der Waals surface area (Å²) >= 11 is 1.90. The monoisotopic (exact) mass is 720 g/mol. The van der Waals surface area contributed by atoms with Gasteiger partial charge in [0.05, 0.1) is 22.1 Å². The van der Waals surface area contributed by atoms with Crippen molar-refractivity contribution in [2.24, 2.45) is 0 Å². The fraction of sp³-hybridized carbons (Fsp3) is 0.0385. The first-order valence-corrected chi connectivity index (χ1v) is 19.8.